The molecule has 0 amide bonds. The minimum atomic E-state index is -1.57. The Balaban J connectivity index is 2.67. The van der Waals surface area contributed by atoms with Crippen LogP contribution in [-0.4, -0.2) is 16.8 Å². The predicted octanol–water partition coefficient (Wildman–Crippen LogP) is 1.68. The molecule has 106 valence electrons. The molecule has 0 saturated heterocycles. The van der Waals surface area contributed by atoms with Gasteiger partial charge < -0.3 is 5.32 Å². The molecule has 4 nitrogen and oxygen atoms in total. The predicted molar refractivity (Wildman–Crippen MR) is 67.2 cm³/mol. The highest BCUT2D eigenvalue weighted by Gasteiger charge is 2.17. The third-order valence-electron chi connectivity index (χ3n) is 2.77. The van der Waals surface area contributed by atoms with Gasteiger partial charge in [0.2, 0.25) is 5.43 Å². The van der Waals surface area contributed by atoms with Gasteiger partial charge in [0.15, 0.2) is 17.5 Å². The average molecular weight is 283 g/mol. The van der Waals surface area contributed by atoms with Crippen molar-refractivity contribution in [1.82, 2.24) is 15.1 Å². The Labute approximate surface area is 112 Å². The lowest BCUT2D eigenvalue weighted by Crippen LogP contribution is -2.23. The Morgan fingerprint density at radius 1 is 1.25 bits per heavy atom. The Kier molecular flexibility index (Phi) is 3.89. The summed E-state index contributed by atoms with van der Waals surface area (Å²) in [7, 11) is 1.63. The molecule has 0 unspecified atom stereocenters. The van der Waals surface area contributed by atoms with Gasteiger partial charge in [-0.2, -0.15) is 5.10 Å². The van der Waals surface area contributed by atoms with Gasteiger partial charge in [-0.3, -0.25) is 4.79 Å². The van der Waals surface area contributed by atoms with Crippen LogP contribution in [0, 0.1) is 24.4 Å². The minimum absolute atomic E-state index is 0.155. The fraction of sp³-hybridized carbons (Fsp3) is 0.231. The van der Waals surface area contributed by atoms with Gasteiger partial charge in [-0.25, -0.2) is 17.9 Å². The quantitative estimate of drug-likeness (QED) is 0.872. The van der Waals surface area contributed by atoms with E-state index < -0.39 is 17.5 Å². The first-order valence-electron chi connectivity index (χ1n) is 5.84. The van der Waals surface area contributed by atoms with Crippen LogP contribution in [0.2, 0.25) is 0 Å². The normalized spacial score (nSPS) is 10.8. The summed E-state index contributed by atoms with van der Waals surface area (Å²) in [5.74, 6) is -4.20. The SMILES string of the molecule is CNCc1nn(-c2ccc(F)c(F)c2F)c(C)cc1=O. The van der Waals surface area contributed by atoms with E-state index in [1.807, 2.05) is 0 Å². The van der Waals surface area contributed by atoms with Gasteiger partial charge in [0.05, 0.1) is 0 Å². The summed E-state index contributed by atoms with van der Waals surface area (Å²) < 4.78 is 41.1. The summed E-state index contributed by atoms with van der Waals surface area (Å²) in [6.07, 6.45) is 0. The molecule has 1 aromatic carbocycles. The van der Waals surface area contributed by atoms with Crippen LogP contribution in [-0.2, 0) is 6.54 Å². The highest BCUT2D eigenvalue weighted by Crippen LogP contribution is 2.19. The molecule has 1 aromatic heterocycles. The number of benzene rings is 1. The summed E-state index contributed by atoms with van der Waals surface area (Å²) >= 11 is 0. The van der Waals surface area contributed by atoms with E-state index in [0.29, 0.717) is 5.69 Å². The molecule has 0 aliphatic rings. The van der Waals surface area contributed by atoms with Gasteiger partial charge in [0.25, 0.3) is 0 Å². The van der Waals surface area contributed by atoms with Crippen LogP contribution in [0.25, 0.3) is 5.69 Å². The second kappa shape index (κ2) is 5.46. The molecule has 0 spiro atoms. The number of hydrogen-bond acceptors (Lipinski definition) is 3. The second-order valence-corrected chi connectivity index (χ2v) is 4.23. The van der Waals surface area contributed by atoms with Crippen molar-refractivity contribution >= 4 is 0 Å². The van der Waals surface area contributed by atoms with Crippen LogP contribution < -0.4 is 10.7 Å². The maximum atomic E-state index is 13.8. The van der Waals surface area contributed by atoms with Gasteiger partial charge >= 0.3 is 0 Å². The van der Waals surface area contributed by atoms with Crippen LogP contribution in [0.15, 0.2) is 23.0 Å². The monoisotopic (exact) mass is 283 g/mol. The van der Waals surface area contributed by atoms with Gasteiger partial charge in [-0.15, -0.1) is 0 Å². The smallest absolute Gasteiger partial charge is 0.204 e. The Hall–Kier alpha value is -2.15. The largest absolute Gasteiger partial charge is 0.314 e. The van der Waals surface area contributed by atoms with Crippen LogP contribution in [0.1, 0.15) is 11.4 Å². The molecule has 0 bridgehead atoms. The zero-order valence-electron chi connectivity index (χ0n) is 10.9. The van der Waals surface area contributed by atoms with Gasteiger partial charge in [0.1, 0.15) is 11.4 Å². The lowest BCUT2D eigenvalue weighted by atomic mass is 10.2. The third-order valence-corrected chi connectivity index (χ3v) is 2.77. The van der Waals surface area contributed by atoms with E-state index in [-0.39, 0.29) is 23.4 Å². The fourth-order valence-electron chi connectivity index (χ4n) is 1.80. The second-order valence-electron chi connectivity index (χ2n) is 4.23. The molecular weight excluding hydrogens is 271 g/mol. The summed E-state index contributed by atoms with van der Waals surface area (Å²) in [6.45, 7) is 1.71. The highest BCUT2D eigenvalue weighted by molar-refractivity contribution is 5.35. The Morgan fingerprint density at radius 2 is 1.95 bits per heavy atom. The topological polar surface area (TPSA) is 46.9 Å². The number of aryl methyl sites for hydroxylation is 1. The van der Waals surface area contributed by atoms with E-state index in [1.165, 1.54) is 13.0 Å². The molecule has 0 fully saturated rings. The third kappa shape index (κ3) is 2.44. The van der Waals surface area contributed by atoms with E-state index >= 15 is 0 Å². The summed E-state index contributed by atoms with van der Waals surface area (Å²) in [4.78, 5) is 11.7. The maximum absolute atomic E-state index is 13.8. The van der Waals surface area contributed by atoms with Gasteiger partial charge in [-0.05, 0) is 26.1 Å². The van der Waals surface area contributed by atoms with Gasteiger partial charge in [-0.1, -0.05) is 0 Å². The number of hydrogen-bond donors (Lipinski definition) is 1. The molecule has 0 aliphatic carbocycles. The van der Waals surface area contributed by atoms with Crippen molar-refractivity contribution in [2.45, 2.75) is 13.5 Å². The number of aromatic nitrogens is 2. The zero-order chi connectivity index (χ0) is 14.9. The molecular formula is C13H12F3N3O. The average Bonchev–Trinajstić information content (AvgIpc) is 2.40. The van der Waals surface area contributed by atoms with Crippen molar-refractivity contribution in [1.29, 1.82) is 0 Å². The molecule has 0 aliphatic heterocycles. The molecule has 20 heavy (non-hydrogen) atoms. The van der Waals surface area contributed by atoms with E-state index in [9.17, 15) is 18.0 Å². The van der Waals surface area contributed by atoms with Crippen molar-refractivity contribution in [3.05, 3.63) is 57.3 Å². The Bertz CT molecular complexity index is 713. The van der Waals surface area contributed by atoms with E-state index in [1.54, 1.807) is 7.05 Å². The molecule has 0 atom stereocenters. The van der Waals surface area contributed by atoms with E-state index in [2.05, 4.69) is 10.4 Å². The van der Waals surface area contributed by atoms with E-state index in [0.717, 1.165) is 16.8 Å². The number of nitrogens with zero attached hydrogens (tertiary/aromatic N) is 2. The first kappa shape index (κ1) is 14.3. The standard InChI is InChI=1S/C13H12F3N3O/c1-7-5-11(20)9(6-17-2)18-19(7)10-4-3-8(14)12(15)13(10)16/h3-5,17H,6H2,1-2H3. The van der Waals surface area contributed by atoms with Crippen LogP contribution in [0.4, 0.5) is 13.2 Å². The molecule has 2 aromatic rings. The minimum Gasteiger partial charge on any atom is -0.314 e. The van der Waals surface area contributed by atoms with Crippen molar-refractivity contribution in [3.63, 3.8) is 0 Å². The van der Waals surface area contributed by atoms with Gasteiger partial charge in [0, 0.05) is 18.3 Å². The fourth-order valence-corrected chi connectivity index (χ4v) is 1.80. The van der Waals surface area contributed by atoms with Crippen molar-refractivity contribution in [2.24, 2.45) is 0 Å². The summed E-state index contributed by atoms with van der Waals surface area (Å²) in [5, 5.41) is 6.73. The summed E-state index contributed by atoms with van der Waals surface area (Å²) in [6, 6.07) is 3.15. The van der Waals surface area contributed by atoms with Crippen molar-refractivity contribution < 1.29 is 13.2 Å². The van der Waals surface area contributed by atoms with Crippen LogP contribution in [0.3, 0.4) is 0 Å². The Morgan fingerprint density at radius 3 is 2.60 bits per heavy atom. The highest BCUT2D eigenvalue weighted by atomic mass is 19.2. The molecule has 0 radical (unpaired) electrons. The van der Waals surface area contributed by atoms with Crippen molar-refractivity contribution in [2.75, 3.05) is 7.05 Å². The lowest BCUT2D eigenvalue weighted by Gasteiger charge is -2.12. The molecule has 2 rings (SSSR count). The van der Waals surface area contributed by atoms with Crippen LogP contribution in [0.5, 0.6) is 0 Å². The molecule has 1 heterocycles. The number of halogens is 3. The molecule has 0 saturated carbocycles. The molecule has 7 heteroatoms. The lowest BCUT2D eigenvalue weighted by molar-refractivity contribution is 0.442. The first-order chi connectivity index (χ1) is 9.45. The van der Waals surface area contributed by atoms with Crippen LogP contribution >= 0.6 is 0 Å². The van der Waals surface area contributed by atoms with E-state index in [4.69, 9.17) is 0 Å². The number of rotatable bonds is 3. The maximum Gasteiger partial charge on any atom is 0.204 e. The first-order valence-corrected chi connectivity index (χ1v) is 5.84. The zero-order valence-corrected chi connectivity index (χ0v) is 10.9. The number of nitrogens with one attached hydrogen (secondary N) is 1. The molecule has 1 N–H and O–H groups in total. The van der Waals surface area contributed by atoms with Crippen molar-refractivity contribution in [3.8, 4) is 5.69 Å². The summed E-state index contributed by atoms with van der Waals surface area (Å²) in [5.41, 5.74) is -0.0863.